The fourth-order valence-electron chi connectivity index (χ4n) is 3.62. The number of nitrogens with zero attached hydrogens (tertiary/aromatic N) is 2. The first-order valence-corrected chi connectivity index (χ1v) is 9.24. The second-order valence-electron chi connectivity index (χ2n) is 6.54. The number of fused-ring (bicyclic) bond motifs is 2. The van der Waals surface area contributed by atoms with Crippen LogP contribution in [0.15, 0.2) is 30.3 Å². The van der Waals surface area contributed by atoms with Crippen molar-refractivity contribution in [3.63, 3.8) is 0 Å². The number of likely N-dealkylation sites (N-methyl/N-ethyl adjacent to an activating group) is 1. The molecule has 2 aliphatic rings. The van der Waals surface area contributed by atoms with Gasteiger partial charge < -0.3 is 9.80 Å². The summed E-state index contributed by atoms with van der Waals surface area (Å²) in [5.41, 5.74) is 3.90. The molecule has 1 amide bonds. The molecule has 0 fully saturated rings. The highest BCUT2D eigenvalue weighted by molar-refractivity contribution is 7.14. The van der Waals surface area contributed by atoms with E-state index in [9.17, 15) is 4.79 Å². The second kappa shape index (κ2) is 6.00. The fraction of sp³-hybridized carbons (Fsp3) is 0.421. The minimum atomic E-state index is 0.203. The number of anilines is 1. The largest absolute Gasteiger partial charge is 0.373 e. The number of aryl methyl sites for hydroxylation is 2. The zero-order valence-corrected chi connectivity index (χ0v) is 14.4. The van der Waals surface area contributed by atoms with Crippen LogP contribution in [0.1, 0.15) is 38.5 Å². The molecule has 1 aromatic carbocycles. The van der Waals surface area contributed by atoms with Crippen molar-refractivity contribution in [2.45, 2.75) is 32.2 Å². The van der Waals surface area contributed by atoms with Gasteiger partial charge in [-0.15, -0.1) is 11.3 Å². The molecule has 1 aromatic heterocycles. The van der Waals surface area contributed by atoms with Gasteiger partial charge in [0.25, 0.3) is 5.91 Å². The molecule has 0 saturated carbocycles. The monoisotopic (exact) mass is 326 g/mol. The molecule has 1 aliphatic heterocycles. The van der Waals surface area contributed by atoms with Crippen LogP contribution in [0.3, 0.4) is 0 Å². The molecule has 0 unspecified atom stereocenters. The number of carbonyl (C=O) groups excluding carboxylic acids is 1. The second-order valence-corrected chi connectivity index (χ2v) is 7.68. The first kappa shape index (κ1) is 14.8. The van der Waals surface area contributed by atoms with Crippen LogP contribution in [0, 0.1) is 0 Å². The Morgan fingerprint density at radius 3 is 2.78 bits per heavy atom. The highest BCUT2D eigenvalue weighted by Crippen LogP contribution is 2.31. The standard InChI is InChI=1S/C19H22N2OS/c1-20-10-11-21(13-15-7-2-4-8-16(15)20)19(22)18-12-14-6-3-5-9-17(14)23-18/h2,4,7-8,12H,3,5-6,9-11,13H2,1H3. The maximum atomic E-state index is 13.0. The summed E-state index contributed by atoms with van der Waals surface area (Å²) < 4.78 is 0. The molecule has 0 atom stereocenters. The molecule has 4 heteroatoms. The third-order valence-corrected chi connectivity index (χ3v) is 6.19. The molecular weight excluding hydrogens is 304 g/mol. The summed E-state index contributed by atoms with van der Waals surface area (Å²) in [5.74, 6) is 0.203. The molecule has 4 rings (SSSR count). The Labute approximate surface area is 141 Å². The zero-order valence-electron chi connectivity index (χ0n) is 13.5. The van der Waals surface area contributed by atoms with E-state index < -0.39 is 0 Å². The van der Waals surface area contributed by atoms with E-state index in [1.54, 1.807) is 11.3 Å². The Hall–Kier alpha value is -1.81. The van der Waals surface area contributed by atoms with E-state index in [-0.39, 0.29) is 5.91 Å². The molecule has 0 radical (unpaired) electrons. The lowest BCUT2D eigenvalue weighted by atomic mass is 9.99. The van der Waals surface area contributed by atoms with Gasteiger partial charge in [0.1, 0.15) is 0 Å². The number of hydrogen-bond donors (Lipinski definition) is 0. The lowest BCUT2D eigenvalue weighted by Gasteiger charge is -2.20. The molecule has 2 heterocycles. The highest BCUT2D eigenvalue weighted by Gasteiger charge is 2.25. The van der Waals surface area contributed by atoms with Crippen LogP contribution in [0.2, 0.25) is 0 Å². The molecule has 0 bridgehead atoms. The van der Waals surface area contributed by atoms with E-state index in [0.29, 0.717) is 6.54 Å². The van der Waals surface area contributed by atoms with E-state index in [4.69, 9.17) is 0 Å². The Morgan fingerprint density at radius 1 is 1.09 bits per heavy atom. The Balaban J connectivity index is 1.60. The van der Waals surface area contributed by atoms with Gasteiger partial charge in [-0.2, -0.15) is 0 Å². The quantitative estimate of drug-likeness (QED) is 0.797. The van der Waals surface area contributed by atoms with Crippen LogP contribution in [-0.2, 0) is 19.4 Å². The van der Waals surface area contributed by atoms with Crippen LogP contribution in [0.5, 0.6) is 0 Å². The summed E-state index contributed by atoms with van der Waals surface area (Å²) in [7, 11) is 2.11. The third-order valence-electron chi connectivity index (χ3n) is 4.96. The first-order valence-electron chi connectivity index (χ1n) is 8.42. The van der Waals surface area contributed by atoms with E-state index >= 15 is 0 Å². The van der Waals surface area contributed by atoms with Gasteiger partial charge in [-0.3, -0.25) is 4.79 Å². The molecule has 0 saturated heterocycles. The van der Waals surface area contributed by atoms with Gasteiger partial charge >= 0.3 is 0 Å². The summed E-state index contributed by atoms with van der Waals surface area (Å²) in [4.78, 5) is 19.6. The maximum absolute atomic E-state index is 13.0. The van der Waals surface area contributed by atoms with Gasteiger partial charge in [0.2, 0.25) is 0 Å². The summed E-state index contributed by atoms with van der Waals surface area (Å²) in [6.07, 6.45) is 4.83. The topological polar surface area (TPSA) is 23.6 Å². The van der Waals surface area contributed by atoms with Crippen molar-refractivity contribution in [1.29, 1.82) is 0 Å². The van der Waals surface area contributed by atoms with E-state index in [2.05, 4.69) is 42.3 Å². The third kappa shape index (κ3) is 2.76. The molecular formula is C19H22N2OS. The van der Waals surface area contributed by atoms with Crippen LogP contribution in [-0.4, -0.2) is 30.9 Å². The number of benzene rings is 1. The Morgan fingerprint density at radius 2 is 1.91 bits per heavy atom. The van der Waals surface area contributed by atoms with Gasteiger partial charge in [0.05, 0.1) is 4.88 Å². The molecule has 3 nitrogen and oxygen atoms in total. The van der Waals surface area contributed by atoms with Crippen LogP contribution >= 0.6 is 11.3 Å². The number of thiophene rings is 1. The fourth-order valence-corrected chi connectivity index (χ4v) is 4.84. The van der Waals surface area contributed by atoms with Crippen LogP contribution in [0.25, 0.3) is 0 Å². The van der Waals surface area contributed by atoms with Crippen LogP contribution in [0.4, 0.5) is 5.69 Å². The summed E-state index contributed by atoms with van der Waals surface area (Å²) in [6.45, 7) is 2.38. The summed E-state index contributed by atoms with van der Waals surface area (Å²) in [6, 6.07) is 10.6. The highest BCUT2D eigenvalue weighted by atomic mass is 32.1. The van der Waals surface area contributed by atoms with Crippen molar-refractivity contribution < 1.29 is 4.79 Å². The Bertz CT molecular complexity index is 713. The smallest absolute Gasteiger partial charge is 0.264 e. The van der Waals surface area contributed by atoms with E-state index in [0.717, 1.165) is 30.8 Å². The SMILES string of the molecule is CN1CCN(C(=O)c2cc3c(s2)CCCC3)Cc2ccccc21. The van der Waals surface area contributed by atoms with Crippen molar-refractivity contribution in [2.24, 2.45) is 0 Å². The average Bonchev–Trinajstić information content (AvgIpc) is 2.94. The van der Waals surface area contributed by atoms with Gasteiger partial charge in [-0.25, -0.2) is 0 Å². The lowest BCUT2D eigenvalue weighted by Crippen LogP contribution is -2.33. The van der Waals surface area contributed by atoms with Gasteiger partial charge in [0.15, 0.2) is 0 Å². The zero-order chi connectivity index (χ0) is 15.8. The predicted molar refractivity (Wildman–Crippen MR) is 95.4 cm³/mol. The van der Waals surface area contributed by atoms with E-state index in [1.165, 1.54) is 34.5 Å². The average molecular weight is 326 g/mol. The maximum Gasteiger partial charge on any atom is 0.264 e. The minimum Gasteiger partial charge on any atom is -0.373 e. The van der Waals surface area contributed by atoms with Crippen molar-refractivity contribution in [3.8, 4) is 0 Å². The van der Waals surface area contributed by atoms with Gasteiger partial charge in [0, 0.05) is 37.2 Å². The molecule has 23 heavy (non-hydrogen) atoms. The number of hydrogen-bond acceptors (Lipinski definition) is 3. The normalized spacial score (nSPS) is 17.4. The number of carbonyl (C=O) groups is 1. The summed E-state index contributed by atoms with van der Waals surface area (Å²) >= 11 is 1.72. The van der Waals surface area contributed by atoms with Crippen molar-refractivity contribution >= 4 is 22.9 Å². The lowest BCUT2D eigenvalue weighted by molar-refractivity contribution is 0.0756. The van der Waals surface area contributed by atoms with Crippen LogP contribution < -0.4 is 4.90 Å². The van der Waals surface area contributed by atoms with E-state index in [1.807, 2.05) is 4.90 Å². The van der Waals surface area contributed by atoms with Crippen molar-refractivity contribution in [2.75, 3.05) is 25.0 Å². The number of amides is 1. The molecule has 0 N–H and O–H groups in total. The Kier molecular flexibility index (Phi) is 3.85. The number of rotatable bonds is 1. The van der Waals surface area contributed by atoms with Crippen molar-refractivity contribution in [3.05, 3.63) is 51.2 Å². The molecule has 0 spiro atoms. The number of para-hydroxylation sites is 1. The first-order chi connectivity index (χ1) is 11.2. The van der Waals surface area contributed by atoms with Gasteiger partial charge in [-0.1, -0.05) is 18.2 Å². The summed E-state index contributed by atoms with van der Waals surface area (Å²) in [5, 5.41) is 0. The predicted octanol–water partition coefficient (Wildman–Crippen LogP) is 3.72. The molecule has 2 aromatic rings. The molecule has 1 aliphatic carbocycles. The molecule has 120 valence electrons. The minimum absolute atomic E-state index is 0.203. The van der Waals surface area contributed by atoms with Gasteiger partial charge in [-0.05, 0) is 48.9 Å². The van der Waals surface area contributed by atoms with Crippen molar-refractivity contribution in [1.82, 2.24) is 4.90 Å².